The van der Waals surface area contributed by atoms with Crippen molar-refractivity contribution in [2.24, 2.45) is 5.92 Å². The average Bonchev–Trinajstić information content (AvgIpc) is 3.35. The molecule has 2 aromatic heterocycles. The predicted octanol–water partition coefficient (Wildman–Crippen LogP) is 3.42. The first kappa shape index (κ1) is 23.3. The van der Waals surface area contributed by atoms with Crippen LogP contribution in [0.4, 0.5) is 5.82 Å². The number of carbonyl (C=O) groups excluding carboxylic acids is 2. The van der Waals surface area contributed by atoms with E-state index in [2.05, 4.69) is 22.0 Å². The third-order valence-corrected chi connectivity index (χ3v) is 4.66. The Hall–Kier alpha value is -2.99. The lowest BCUT2D eigenvalue weighted by molar-refractivity contribution is -0.148. The van der Waals surface area contributed by atoms with Gasteiger partial charge in [0, 0.05) is 19.4 Å². The highest BCUT2D eigenvalue weighted by atomic mass is 16.6. The van der Waals surface area contributed by atoms with E-state index in [0.29, 0.717) is 18.7 Å². The number of nitrogens with zero attached hydrogens (tertiary/aromatic N) is 4. The molecule has 1 aliphatic rings. The van der Waals surface area contributed by atoms with Crippen LogP contribution in [0.5, 0.6) is 0 Å². The van der Waals surface area contributed by atoms with Crippen LogP contribution in [-0.2, 0) is 19.1 Å². The fraction of sp³-hybridized carbons (Fsp3) is 0.571. The number of fused-ring (bicyclic) bond motifs is 1. The summed E-state index contributed by atoms with van der Waals surface area (Å²) in [5, 5.41) is 13.7. The van der Waals surface area contributed by atoms with Crippen molar-refractivity contribution in [3.05, 3.63) is 24.2 Å². The molecule has 30 heavy (non-hydrogen) atoms. The molecule has 0 aliphatic carbocycles. The Morgan fingerprint density at radius 3 is 2.83 bits per heavy atom. The first-order valence-corrected chi connectivity index (χ1v) is 10.2. The van der Waals surface area contributed by atoms with Crippen LogP contribution in [0.25, 0.3) is 5.52 Å². The second-order valence-corrected chi connectivity index (χ2v) is 7.57. The van der Waals surface area contributed by atoms with E-state index < -0.39 is 0 Å². The number of hydrogen-bond donors (Lipinski definition) is 1. The Morgan fingerprint density at radius 1 is 1.37 bits per heavy atom. The molecule has 1 aliphatic heterocycles. The molecular formula is C21H29N5O4. The molecule has 0 aromatic carbocycles. The fourth-order valence-corrected chi connectivity index (χ4v) is 3.34. The summed E-state index contributed by atoms with van der Waals surface area (Å²) in [7, 11) is 0. The molecule has 2 aromatic rings. The van der Waals surface area contributed by atoms with Crippen molar-refractivity contribution < 1.29 is 19.1 Å². The molecule has 1 N–H and O–H groups in total. The van der Waals surface area contributed by atoms with Crippen LogP contribution >= 0.6 is 0 Å². The van der Waals surface area contributed by atoms with E-state index in [1.54, 1.807) is 4.52 Å². The van der Waals surface area contributed by atoms with Crippen molar-refractivity contribution in [2.75, 3.05) is 11.9 Å². The number of anilines is 1. The maximum absolute atomic E-state index is 11.9. The number of rotatable bonds is 8. The van der Waals surface area contributed by atoms with Gasteiger partial charge in [0.15, 0.2) is 5.82 Å². The zero-order valence-corrected chi connectivity index (χ0v) is 17.7. The van der Waals surface area contributed by atoms with Gasteiger partial charge in [0.25, 0.3) is 0 Å². The summed E-state index contributed by atoms with van der Waals surface area (Å²) in [4.78, 5) is 27.8. The molecule has 2 unspecified atom stereocenters. The van der Waals surface area contributed by atoms with Crippen molar-refractivity contribution in [3.8, 4) is 6.57 Å². The molecule has 1 amide bonds. The Morgan fingerprint density at radius 2 is 2.13 bits per heavy atom. The summed E-state index contributed by atoms with van der Waals surface area (Å²) in [5.41, 5.74) is 1.64. The van der Waals surface area contributed by atoms with Gasteiger partial charge < -0.3 is 14.8 Å². The minimum atomic E-state index is -0.185. The summed E-state index contributed by atoms with van der Waals surface area (Å²) in [6.07, 6.45) is 4.47. The van der Waals surface area contributed by atoms with Gasteiger partial charge in [-0.05, 0) is 37.3 Å². The molecule has 0 spiro atoms. The Bertz CT molecular complexity index is 877. The fourth-order valence-electron chi connectivity index (χ4n) is 3.34. The number of esters is 1. The van der Waals surface area contributed by atoms with Gasteiger partial charge in [0.2, 0.25) is 5.91 Å². The van der Waals surface area contributed by atoms with Gasteiger partial charge in [-0.3, -0.25) is 9.59 Å². The first-order valence-electron chi connectivity index (χ1n) is 10.2. The minimum absolute atomic E-state index is 0.0637. The average molecular weight is 415 g/mol. The topological polar surface area (TPSA) is 119 Å². The molecule has 162 valence electrons. The highest BCUT2D eigenvalue weighted by molar-refractivity contribution is 5.93. The first-order chi connectivity index (χ1) is 14.5. The van der Waals surface area contributed by atoms with Crippen molar-refractivity contribution in [3.63, 3.8) is 0 Å². The maximum atomic E-state index is 11.9. The molecule has 2 atom stereocenters. The van der Waals surface area contributed by atoms with Gasteiger partial charge in [-0.2, -0.15) is 5.10 Å². The van der Waals surface area contributed by atoms with Crippen molar-refractivity contribution in [2.45, 2.75) is 65.1 Å². The van der Waals surface area contributed by atoms with Crippen LogP contribution in [-0.4, -0.2) is 39.2 Å². The lowest BCUT2D eigenvalue weighted by atomic mass is 10.1. The maximum Gasteiger partial charge on any atom is 0.306 e. The Kier molecular flexibility index (Phi) is 8.74. The predicted molar refractivity (Wildman–Crippen MR) is 110 cm³/mol. The lowest BCUT2D eigenvalue weighted by Crippen LogP contribution is -2.19. The molecule has 9 heteroatoms. The molecule has 3 rings (SSSR count). The summed E-state index contributed by atoms with van der Waals surface area (Å²) in [5.74, 6) is 0.530. The molecule has 3 heterocycles. The van der Waals surface area contributed by atoms with Crippen LogP contribution < -0.4 is 5.32 Å². The molecule has 1 saturated heterocycles. The zero-order chi connectivity index (χ0) is 22.1. The number of aromatic nitrogens is 3. The molecule has 9 nitrogen and oxygen atoms in total. The molecule has 0 saturated carbocycles. The second kappa shape index (κ2) is 11.3. The zero-order valence-electron chi connectivity index (χ0n) is 17.7. The van der Waals surface area contributed by atoms with Crippen LogP contribution in [0.15, 0.2) is 18.5 Å². The number of hydrogen-bond acceptors (Lipinski definition) is 7. The second-order valence-electron chi connectivity index (χ2n) is 7.57. The van der Waals surface area contributed by atoms with E-state index >= 15 is 0 Å². The van der Waals surface area contributed by atoms with E-state index in [1.165, 1.54) is 6.33 Å². The van der Waals surface area contributed by atoms with Gasteiger partial charge >= 0.3 is 5.97 Å². The number of amides is 1. The van der Waals surface area contributed by atoms with E-state index in [0.717, 1.165) is 30.5 Å². The van der Waals surface area contributed by atoms with Gasteiger partial charge in [0.1, 0.15) is 24.6 Å². The SMILES string of the molecule is C#N.CCCC(=O)Nc1ncnn2c(C3CCC(COC(=O)CC(C)C)O3)ccc12. The van der Waals surface area contributed by atoms with Crippen LogP contribution in [0.1, 0.15) is 64.7 Å². The normalized spacial score (nSPS) is 18.1. The summed E-state index contributed by atoms with van der Waals surface area (Å²) >= 11 is 0. The number of nitriles is 1. The van der Waals surface area contributed by atoms with Crippen molar-refractivity contribution >= 4 is 23.2 Å². The quantitative estimate of drug-likeness (QED) is 0.656. The third kappa shape index (κ3) is 6.00. The minimum Gasteiger partial charge on any atom is -0.463 e. The van der Waals surface area contributed by atoms with Gasteiger partial charge in [-0.1, -0.05) is 20.8 Å². The number of carbonyl (C=O) groups is 2. The number of nitrogens with one attached hydrogen (secondary N) is 1. The summed E-state index contributed by atoms with van der Waals surface area (Å²) in [6.45, 7) is 9.71. The van der Waals surface area contributed by atoms with Crippen LogP contribution in [0.2, 0.25) is 0 Å². The largest absolute Gasteiger partial charge is 0.463 e. The lowest BCUT2D eigenvalue weighted by Gasteiger charge is -2.14. The monoisotopic (exact) mass is 415 g/mol. The molecule has 0 bridgehead atoms. The standard InChI is InChI=1S/C20H28N4O4.CHN/c1-4-5-18(25)23-20-16-8-7-15(24(16)22-12-21-20)17-9-6-14(28-17)11-27-19(26)10-13(2)3;1-2/h7-8,12-14,17H,4-6,9-11H2,1-3H3,(H,21,22,23,25);1H. The van der Waals surface area contributed by atoms with E-state index in [9.17, 15) is 9.59 Å². The third-order valence-electron chi connectivity index (χ3n) is 4.66. The highest BCUT2D eigenvalue weighted by Crippen LogP contribution is 2.34. The van der Waals surface area contributed by atoms with Gasteiger partial charge in [-0.25, -0.2) is 14.8 Å². The Balaban J connectivity index is 0.00000155. The van der Waals surface area contributed by atoms with E-state index in [-0.39, 0.29) is 36.6 Å². The summed E-state index contributed by atoms with van der Waals surface area (Å²) < 4.78 is 13.2. The Labute approximate surface area is 176 Å². The van der Waals surface area contributed by atoms with Crippen molar-refractivity contribution in [1.82, 2.24) is 14.6 Å². The van der Waals surface area contributed by atoms with Crippen LogP contribution in [0.3, 0.4) is 0 Å². The van der Waals surface area contributed by atoms with Gasteiger partial charge in [-0.15, -0.1) is 0 Å². The van der Waals surface area contributed by atoms with Crippen molar-refractivity contribution in [1.29, 1.82) is 5.26 Å². The smallest absolute Gasteiger partial charge is 0.306 e. The van der Waals surface area contributed by atoms with Gasteiger partial charge in [0.05, 0.1) is 11.8 Å². The van der Waals surface area contributed by atoms with E-state index in [4.69, 9.17) is 14.7 Å². The summed E-state index contributed by atoms with van der Waals surface area (Å²) in [6, 6.07) is 3.83. The molecule has 1 fully saturated rings. The molecule has 0 radical (unpaired) electrons. The van der Waals surface area contributed by atoms with Crippen LogP contribution in [0, 0.1) is 17.8 Å². The highest BCUT2D eigenvalue weighted by Gasteiger charge is 2.30. The van der Waals surface area contributed by atoms with E-state index in [1.807, 2.05) is 32.9 Å². The number of ether oxygens (including phenoxy) is 2. The molecular weight excluding hydrogens is 386 g/mol.